The third-order valence-corrected chi connectivity index (χ3v) is 2.76. The van der Waals surface area contributed by atoms with Gasteiger partial charge in [0, 0.05) is 18.7 Å². The first kappa shape index (κ1) is 17.9. The number of carbonyl (C=O) groups is 1. The van der Waals surface area contributed by atoms with E-state index in [1.807, 2.05) is 39.8 Å². The van der Waals surface area contributed by atoms with Crippen LogP contribution >= 0.6 is 0 Å². The molecule has 1 unspecified atom stereocenters. The van der Waals surface area contributed by atoms with Gasteiger partial charge in [-0.3, -0.25) is 0 Å². The van der Waals surface area contributed by atoms with Gasteiger partial charge in [-0.2, -0.15) is 0 Å². The summed E-state index contributed by atoms with van der Waals surface area (Å²) in [5.41, 5.74) is 0.335. The molecule has 6 nitrogen and oxygen atoms in total. The Labute approximate surface area is 132 Å². The van der Waals surface area contributed by atoms with Crippen molar-refractivity contribution < 1.29 is 19.0 Å². The number of amides is 1. The minimum Gasteiger partial charge on any atom is -0.497 e. The van der Waals surface area contributed by atoms with Gasteiger partial charge in [0.1, 0.15) is 17.1 Å². The van der Waals surface area contributed by atoms with E-state index in [-0.39, 0.29) is 6.04 Å². The molecule has 0 radical (unpaired) electrons. The van der Waals surface area contributed by atoms with E-state index < -0.39 is 11.7 Å². The Bertz CT molecular complexity index is 497. The fourth-order valence-electron chi connectivity index (χ4n) is 1.78. The highest BCUT2D eigenvalue weighted by atomic mass is 16.6. The van der Waals surface area contributed by atoms with Crippen molar-refractivity contribution in [3.63, 3.8) is 0 Å². The van der Waals surface area contributed by atoms with Gasteiger partial charge in [-0.05, 0) is 39.8 Å². The van der Waals surface area contributed by atoms with Crippen molar-refractivity contribution in [1.29, 1.82) is 0 Å². The maximum atomic E-state index is 11.6. The second kappa shape index (κ2) is 7.77. The Morgan fingerprint density at radius 1 is 1.23 bits per heavy atom. The molecule has 1 amide bonds. The first-order chi connectivity index (χ1) is 10.2. The summed E-state index contributed by atoms with van der Waals surface area (Å²) in [5, 5.41) is 6.01. The smallest absolute Gasteiger partial charge is 0.407 e. The molecule has 22 heavy (non-hydrogen) atoms. The molecule has 0 aromatic heterocycles. The molecule has 0 fully saturated rings. The SMILES string of the molecule is COc1ccc(NC(C)CNC(=O)OC(C)(C)C)c(OC)c1. The molecule has 1 atom stereocenters. The Balaban J connectivity index is 2.55. The molecular weight excluding hydrogens is 284 g/mol. The summed E-state index contributed by atoms with van der Waals surface area (Å²) in [6, 6.07) is 5.53. The number of anilines is 1. The van der Waals surface area contributed by atoms with Crippen molar-refractivity contribution in [2.75, 3.05) is 26.1 Å². The van der Waals surface area contributed by atoms with Crippen LogP contribution in [-0.2, 0) is 4.74 Å². The molecular formula is C16H26N2O4. The van der Waals surface area contributed by atoms with E-state index in [1.54, 1.807) is 20.3 Å². The highest BCUT2D eigenvalue weighted by Crippen LogP contribution is 2.29. The molecule has 0 heterocycles. The molecule has 0 aliphatic heterocycles. The summed E-state index contributed by atoms with van der Waals surface area (Å²) in [6.07, 6.45) is -0.428. The van der Waals surface area contributed by atoms with Gasteiger partial charge in [0.15, 0.2) is 0 Å². The monoisotopic (exact) mass is 310 g/mol. The van der Waals surface area contributed by atoms with Crippen molar-refractivity contribution in [3.8, 4) is 11.5 Å². The third-order valence-electron chi connectivity index (χ3n) is 2.76. The van der Waals surface area contributed by atoms with Gasteiger partial charge in [-0.1, -0.05) is 0 Å². The predicted molar refractivity (Wildman–Crippen MR) is 86.9 cm³/mol. The Hall–Kier alpha value is -2.11. The quantitative estimate of drug-likeness (QED) is 0.845. The topological polar surface area (TPSA) is 68.8 Å². The molecule has 2 N–H and O–H groups in total. The minimum atomic E-state index is -0.500. The average molecular weight is 310 g/mol. The molecule has 0 saturated carbocycles. The highest BCUT2D eigenvalue weighted by molar-refractivity contribution is 5.68. The number of hydrogen-bond acceptors (Lipinski definition) is 5. The maximum absolute atomic E-state index is 11.6. The summed E-state index contributed by atoms with van der Waals surface area (Å²) in [6.45, 7) is 7.88. The zero-order valence-electron chi connectivity index (χ0n) is 14.1. The van der Waals surface area contributed by atoms with Crippen LogP contribution in [0.4, 0.5) is 10.5 Å². The lowest BCUT2D eigenvalue weighted by atomic mass is 10.2. The second-order valence-electron chi connectivity index (χ2n) is 5.99. The summed E-state index contributed by atoms with van der Waals surface area (Å²) in [7, 11) is 3.21. The predicted octanol–water partition coefficient (Wildman–Crippen LogP) is 3.03. The lowest BCUT2D eigenvalue weighted by Crippen LogP contribution is -2.38. The number of alkyl carbamates (subject to hydrolysis) is 1. The molecule has 0 spiro atoms. The fraction of sp³-hybridized carbons (Fsp3) is 0.562. The van der Waals surface area contributed by atoms with E-state index in [0.717, 1.165) is 11.4 Å². The molecule has 0 aliphatic rings. The van der Waals surface area contributed by atoms with E-state index in [9.17, 15) is 4.79 Å². The van der Waals surface area contributed by atoms with Gasteiger partial charge in [-0.25, -0.2) is 4.79 Å². The zero-order chi connectivity index (χ0) is 16.8. The molecule has 0 aliphatic carbocycles. The molecule has 1 aromatic carbocycles. The van der Waals surface area contributed by atoms with E-state index in [2.05, 4.69) is 10.6 Å². The standard InChI is InChI=1S/C16H26N2O4/c1-11(10-17-15(19)22-16(2,3)4)18-13-8-7-12(20-5)9-14(13)21-6/h7-9,11,18H,10H2,1-6H3,(H,17,19). The van der Waals surface area contributed by atoms with Gasteiger partial charge in [0.2, 0.25) is 0 Å². The number of benzene rings is 1. The molecule has 0 saturated heterocycles. The minimum absolute atomic E-state index is 0.00909. The van der Waals surface area contributed by atoms with E-state index >= 15 is 0 Å². The molecule has 1 rings (SSSR count). The molecule has 6 heteroatoms. The van der Waals surface area contributed by atoms with Gasteiger partial charge in [0.05, 0.1) is 19.9 Å². The van der Waals surface area contributed by atoms with Crippen molar-refractivity contribution in [1.82, 2.24) is 5.32 Å². The number of carbonyl (C=O) groups excluding carboxylic acids is 1. The van der Waals surface area contributed by atoms with Crippen molar-refractivity contribution in [3.05, 3.63) is 18.2 Å². The molecule has 1 aromatic rings. The summed E-state index contributed by atoms with van der Waals surface area (Å²) < 4.78 is 15.7. The van der Waals surface area contributed by atoms with Gasteiger partial charge in [0.25, 0.3) is 0 Å². The third kappa shape index (κ3) is 6.11. The molecule has 124 valence electrons. The lowest BCUT2D eigenvalue weighted by Gasteiger charge is -2.22. The van der Waals surface area contributed by atoms with Crippen LogP contribution < -0.4 is 20.1 Å². The Morgan fingerprint density at radius 2 is 1.91 bits per heavy atom. The van der Waals surface area contributed by atoms with Gasteiger partial charge >= 0.3 is 6.09 Å². The van der Waals surface area contributed by atoms with Crippen LogP contribution in [0.15, 0.2) is 18.2 Å². The van der Waals surface area contributed by atoms with Crippen LogP contribution in [0.3, 0.4) is 0 Å². The van der Waals surface area contributed by atoms with Crippen molar-refractivity contribution in [2.45, 2.75) is 39.3 Å². The summed E-state index contributed by atoms with van der Waals surface area (Å²) in [5.74, 6) is 1.41. The molecule has 0 bridgehead atoms. The van der Waals surface area contributed by atoms with Crippen LogP contribution in [0, 0.1) is 0 Å². The first-order valence-corrected chi connectivity index (χ1v) is 7.20. The van der Waals surface area contributed by atoms with Crippen LogP contribution in [0.2, 0.25) is 0 Å². The van der Waals surface area contributed by atoms with E-state index in [0.29, 0.717) is 12.3 Å². The normalized spacial score (nSPS) is 12.3. The van der Waals surface area contributed by atoms with Crippen LogP contribution in [-0.4, -0.2) is 38.5 Å². The second-order valence-corrected chi connectivity index (χ2v) is 5.99. The highest BCUT2D eigenvalue weighted by Gasteiger charge is 2.16. The maximum Gasteiger partial charge on any atom is 0.407 e. The average Bonchev–Trinajstić information content (AvgIpc) is 2.43. The van der Waals surface area contributed by atoms with Gasteiger partial charge in [-0.15, -0.1) is 0 Å². The van der Waals surface area contributed by atoms with Crippen molar-refractivity contribution in [2.24, 2.45) is 0 Å². The fourth-order valence-corrected chi connectivity index (χ4v) is 1.78. The Morgan fingerprint density at radius 3 is 2.45 bits per heavy atom. The largest absolute Gasteiger partial charge is 0.497 e. The number of rotatable bonds is 6. The Kier molecular flexibility index (Phi) is 6.34. The van der Waals surface area contributed by atoms with Crippen LogP contribution in [0.1, 0.15) is 27.7 Å². The summed E-state index contributed by atoms with van der Waals surface area (Å²) >= 11 is 0. The van der Waals surface area contributed by atoms with Crippen LogP contribution in [0.25, 0.3) is 0 Å². The zero-order valence-corrected chi connectivity index (χ0v) is 14.1. The number of hydrogen-bond donors (Lipinski definition) is 2. The van der Waals surface area contributed by atoms with E-state index in [4.69, 9.17) is 14.2 Å². The van der Waals surface area contributed by atoms with E-state index in [1.165, 1.54) is 0 Å². The summed E-state index contributed by atoms with van der Waals surface area (Å²) in [4.78, 5) is 11.6. The number of nitrogens with one attached hydrogen (secondary N) is 2. The number of ether oxygens (including phenoxy) is 3. The van der Waals surface area contributed by atoms with Crippen molar-refractivity contribution >= 4 is 11.8 Å². The number of methoxy groups -OCH3 is 2. The first-order valence-electron chi connectivity index (χ1n) is 7.20. The lowest BCUT2D eigenvalue weighted by molar-refractivity contribution is 0.0526. The van der Waals surface area contributed by atoms with Gasteiger partial charge < -0.3 is 24.8 Å². The van der Waals surface area contributed by atoms with Crippen LogP contribution in [0.5, 0.6) is 11.5 Å².